The number of nitro groups is 1. The standard InChI is InChI=1S/C15H15NO6/c17-14(18)12-3-1-2-4-13(12)15(19)22-9-10-5-7-11(8-6-10)16(20)21/h1-2,5-8,12-13H,3-4,9H2,(H,17,18). The summed E-state index contributed by atoms with van der Waals surface area (Å²) in [5.74, 6) is -3.04. The zero-order valence-electron chi connectivity index (χ0n) is 11.7. The molecule has 0 radical (unpaired) electrons. The summed E-state index contributed by atoms with van der Waals surface area (Å²) in [4.78, 5) is 33.2. The van der Waals surface area contributed by atoms with Crippen LogP contribution >= 0.6 is 0 Å². The van der Waals surface area contributed by atoms with Crippen LogP contribution in [-0.4, -0.2) is 22.0 Å². The number of carboxylic acids is 1. The van der Waals surface area contributed by atoms with Crippen molar-refractivity contribution in [1.82, 2.24) is 0 Å². The van der Waals surface area contributed by atoms with E-state index in [4.69, 9.17) is 9.84 Å². The number of carboxylic acid groups (broad SMARTS) is 1. The summed E-state index contributed by atoms with van der Waals surface area (Å²) in [6.07, 6.45) is 4.18. The monoisotopic (exact) mass is 305 g/mol. The number of allylic oxidation sites excluding steroid dienone is 2. The molecule has 2 atom stereocenters. The van der Waals surface area contributed by atoms with Gasteiger partial charge in [0.25, 0.3) is 5.69 Å². The van der Waals surface area contributed by atoms with E-state index in [0.29, 0.717) is 18.4 Å². The lowest BCUT2D eigenvalue weighted by Gasteiger charge is -2.23. The van der Waals surface area contributed by atoms with E-state index in [1.54, 1.807) is 12.2 Å². The van der Waals surface area contributed by atoms with Crippen LogP contribution in [0.25, 0.3) is 0 Å². The lowest BCUT2D eigenvalue weighted by atomic mass is 9.83. The smallest absolute Gasteiger partial charge is 0.310 e. The number of carbonyl (C=O) groups excluding carboxylic acids is 1. The summed E-state index contributed by atoms with van der Waals surface area (Å²) in [5, 5.41) is 19.7. The van der Waals surface area contributed by atoms with Gasteiger partial charge in [-0.25, -0.2) is 0 Å². The van der Waals surface area contributed by atoms with E-state index >= 15 is 0 Å². The molecule has 22 heavy (non-hydrogen) atoms. The van der Waals surface area contributed by atoms with Crippen molar-refractivity contribution < 1.29 is 24.4 Å². The fourth-order valence-electron chi connectivity index (χ4n) is 2.32. The van der Waals surface area contributed by atoms with Gasteiger partial charge in [-0.2, -0.15) is 0 Å². The topological polar surface area (TPSA) is 107 Å². The minimum absolute atomic E-state index is 0.0383. The molecule has 0 aromatic heterocycles. The fraction of sp³-hybridized carbons (Fsp3) is 0.333. The van der Waals surface area contributed by atoms with Gasteiger partial charge >= 0.3 is 11.9 Å². The van der Waals surface area contributed by atoms with Crippen molar-refractivity contribution in [2.45, 2.75) is 19.4 Å². The van der Waals surface area contributed by atoms with Crippen LogP contribution in [0.2, 0.25) is 0 Å². The molecular formula is C15H15NO6. The number of non-ortho nitro benzene ring substituents is 1. The summed E-state index contributed by atoms with van der Waals surface area (Å²) in [6, 6.07) is 5.65. The van der Waals surface area contributed by atoms with Gasteiger partial charge < -0.3 is 9.84 Å². The molecule has 0 amide bonds. The molecule has 7 nitrogen and oxygen atoms in total. The molecule has 1 N–H and O–H groups in total. The zero-order chi connectivity index (χ0) is 16.1. The second-order valence-corrected chi connectivity index (χ2v) is 5.03. The second kappa shape index (κ2) is 6.84. The molecule has 1 aromatic rings. The lowest BCUT2D eigenvalue weighted by Crippen LogP contribution is -2.32. The van der Waals surface area contributed by atoms with Crippen molar-refractivity contribution in [2.24, 2.45) is 11.8 Å². The van der Waals surface area contributed by atoms with Gasteiger partial charge in [-0.3, -0.25) is 19.7 Å². The number of esters is 1. The molecule has 0 saturated carbocycles. The number of benzene rings is 1. The Morgan fingerprint density at radius 3 is 2.32 bits per heavy atom. The Hall–Kier alpha value is -2.70. The van der Waals surface area contributed by atoms with Crippen LogP contribution in [-0.2, 0) is 20.9 Å². The molecule has 7 heteroatoms. The van der Waals surface area contributed by atoms with Gasteiger partial charge in [0.05, 0.1) is 16.8 Å². The average Bonchev–Trinajstić information content (AvgIpc) is 2.53. The predicted molar refractivity (Wildman–Crippen MR) is 75.9 cm³/mol. The van der Waals surface area contributed by atoms with E-state index in [9.17, 15) is 19.7 Å². The predicted octanol–water partition coefficient (Wildman–Crippen LogP) is 2.31. The van der Waals surface area contributed by atoms with Gasteiger partial charge in [0.15, 0.2) is 0 Å². The zero-order valence-corrected chi connectivity index (χ0v) is 11.7. The second-order valence-electron chi connectivity index (χ2n) is 5.03. The summed E-state index contributed by atoms with van der Waals surface area (Å²) >= 11 is 0. The van der Waals surface area contributed by atoms with E-state index in [1.165, 1.54) is 24.3 Å². The molecule has 0 heterocycles. The fourth-order valence-corrected chi connectivity index (χ4v) is 2.32. The summed E-state index contributed by atoms with van der Waals surface area (Å²) in [7, 11) is 0. The molecule has 1 aromatic carbocycles. The Morgan fingerprint density at radius 2 is 1.77 bits per heavy atom. The van der Waals surface area contributed by atoms with Crippen molar-refractivity contribution in [3.63, 3.8) is 0 Å². The number of aliphatic carboxylic acids is 1. The van der Waals surface area contributed by atoms with Crippen LogP contribution in [0.1, 0.15) is 18.4 Å². The molecule has 0 bridgehead atoms. The van der Waals surface area contributed by atoms with Gasteiger partial charge in [-0.05, 0) is 30.5 Å². The first kappa shape index (κ1) is 15.7. The van der Waals surface area contributed by atoms with E-state index in [0.717, 1.165) is 0 Å². The highest BCUT2D eigenvalue weighted by molar-refractivity contribution is 5.81. The third-order valence-corrected chi connectivity index (χ3v) is 3.58. The first-order chi connectivity index (χ1) is 10.5. The number of nitro benzene ring substituents is 1. The van der Waals surface area contributed by atoms with Crippen LogP contribution in [0.3, 0.4) is 0 Å². The van der Waals surface area contributed by atoms with Crippen LogP contribution in [0, 0.1) is 22.0 Å². The minimum atomic E-state index is -1.01. The first-order valence-corrected chi connectivity index (χ1v) is 6.77. The van der Waals surface area contributed by atoms with E-state index < -0.39 is 28.7 Å². The Bertz CT molecular complexity index is 607. The highest BCUT2D eigenvalue weighted by atomic mass is 16.6. The van der Waals surface area contributed by atoms with Crippen LogP contribution in [0.4, 0.5) is 5.69 Å². The Labute approximate surface area is 126 Å². The van der Waals surface area contributed by atoms with Gasteiger partial charge in [0.2, 0.25) is 0 Å². The van der Waals surface area contributed by atoms with Crippen molar-refractivity contribution in [2.75, 3.05) is 0 Å². The molecule has 0 spiro atoms. The summed E-state index contributed by atoms with van der Waals surface area (Å²) in [5.41, 5.74) is 0.565. The molecule has 1 aliphatic carbocycles. The Morgan fingerprint density at radius 1 is 1.18 bits per heavy atom. The maximum atomic E-state index is 12.0. The number of hydrogen-bond donors (Lipinski definition) is 1. The number of hydrogen-bond acceptors (Lipinski definition) is 5. The minimum Gasteiger partial charge on any atom is -0.481 e. The molecule has 2 rings (SSSR count). The molecule has 116 valence electrons. The lowest BCUT2D eigenvalue weighted by molar-refractivity contribution is -0.384. The molecule has 1 aliphatic rings. The van der Waals surface area contributed by atoms with Gasteiger partial charge in [-0.15, -0.1) is 0 Å². The number of carbonyl (C=O) groups is 2. The molecular weight excluding hydrogens is 290 g/mol. The number of ether oxygens (including phenoxy) is 1. The molecule has 0 fully saturated rings. The van der Waals surface area contributed by atoms with Crippen molar-refractivity contribution in [3.05, 3.63) is 52.1 Å². The van der Waals surface area contributed by atoms with E-state index in [1.807, 2.05) is 0 Å². The summed E-state index contributed by atoms with van der Waals surface area (Å²) < 4.78 is 5.14. The third-order valence-electron chi connectivity index (χ3n) is 3.58. The largest absolute Gasteiger partial charge is 0.481 e. The van der Waals surface area contributed by atoms with Gasteiger partial charge in [-0.1, -0.05) is 12.2 Å². The van der Waals surface area contributed by atoms with Crippen molar-refractivity contribution >= 4 is 17.6 Å². The normalized spacial score (nSPS) is 20.4. The SMILES string of the molecule is O=C(O)C1CC=CCC1C(=O)OCc1ccc([N+](=O)[O-])cc1. The molecule has 2 unspecified atom stereocenters. The summed E-state index contributed by atoms with van der Waals surface area (Å²) in [6.45, 7) is -0.0383. The number of nitrogens with zero attached hydrogens (tertiary/aromatic N) is 1. The van der Waals surface area contributed by atoms with Gasteiger partial charge in [0.1, 0.15) is 6.61 Å². The van der Waals surface area contributed by atoms with Crippen LogP contribution in [0.15, 0.2) is 36.4 Å². The highest BCUT2D eigenvalue weighted by Gasteiger charge is 2.35. The molecule has 0 aliphatic heterocycles. The third kappa shape index (κ3) is 3.69. The quantitative estimate of drug-likeness (QED) is 0.387. The maximum Gasteiger partial charge on any atom is 0.310 e. The van der Waals surface area contributed by atoms with Crippen molar-refractivity contribution in [3.8, 4) is 0 Å². The van der Waals surface area contributed by atoms with Crippen molar-refractivity contribution in [1.29, 1.82) is 0 Å². The van der Waals surface area contributed by atoms with Crippen LogP contribution in [0.5, 0.6) is 0 Å². The Kier molecular flexibility index (Phi) is 4.88. The highest BCUT2D eigenvalue weighted by Crippen LogP contribution is 2.27. The van der Waals surface area contributed by atoms with E-state index in [2.05, 4.69) is 0 Å². The van der Waals surface area contributed by atoms with Crippen LogP contribution < -0.4 is 0 Å². The van der Waals surface area contributed by atoms with E-state index in [-0.39, 0.29) is 12.3 Å². The molecule has 0 saturated heterocycles. The average molecular weight is 305 g/mol. The number of rotatable bonds is 5. The first-order valence-electron chi connectivity index (χ1n) is 6.77. The maximum absolute atomic E-state index is 12.0. The van der Waals surface area contributed by atoms with Gasteiger partial charge in [0, 0.05) is 12.1 Å². The Balaban J connectivity index is 1.95.